The summed E-state index contributed by atoms with van der Waals surface area (Å²) >= 11 is 0. The van der Waals surface area contributed by atoms with Gasteiger partial charge in [0.25, 0.3) is 5.56 Å². The first-order valence-corrected chi connectivity index (χ1v) is 11.2. The highest BCUT2D eigenvalue weighted by Crippen LogP contribution is 2.10. The van der Waals surface area contributed by atoms with E-state index in [4.69, 9.17) is 0 Å². The molecule has 6 nitrogen and oxygen atoms in total. The molecule has 4 rings (SSSR count). The highest BCUT2D eigenvalue weighted by Gasteiger charge is 2.16. The maximum atomic E-state index is 13.3. The minimum atomic E-state index is -0.583. The van der Waals surface area contributed by atoms with Crippen LogP contribution in [0.25, 0.3) is 10.9 Å². The second kappa shape index (κ2) is 10.3. The highest BCUT2D eigenvalue weighted by molar-refractivity contribution is 5.81. The second-order valence-electron chi connectivity index (χ2n) is 8.40. The minimum absolute atomic E-state index is 0.0160. The minimum Gasteiger partial charge on any atom is -0.352 e. The first-order chi connectivity index (χ1) is 16.4. The van der Waals surface area contributed by atoms with Crippen molar-refractivity contribution < 1.29 is 9.18 Å². The molecular formula is C27H26FN3O3. The number of amides is 1. The standard InChI is InChI=1S/C27H26FN3O3/c1-19(11-12-20-7-3-2-4-8-20)29-25(32)18-30-24-10-6-5-9-23(24)26(33)31(27(30)34)17-21-13-15-22(28)16-14-21/h2-10,13-16,19H,11-12,17-18H2,1H3,(H,29,32). The van der Waals surface area contributed by atoms with E-state index in [2.05, 4.69) is 5.32 Å². The number of carbonyl (C=O) groups is 1. The zero-order valence-electron chi connectivity index (χ0n) is 18.9. The molecule has 0 aliphatic rings. The van der Waals surface area contributed by atoms with Crippen LogP contribution < -0.4 is 16.6 Å². The van der Waals surface area contributed by atoms with E-state index >= 15 is 0 Å². The van der Waals surface area contributed by atoms with Crippen LogP contribution >= 0.6 is 0 Å². The van der Waals surface area contributed by atoms with Gasteiger partial charge in [0.05, 0.1) is 17.4 Å². The summed E-state index contributed by atoms with van der Waals surface area (Å²) in [5, 5.41) is 3.29. The van der Waals surface area contributed by atoms with E-state index < -0.39 is 17.1 Å². The van der Waals surface area contributed by atoms with E-state index in [9.17, 15) is 18.8 Å². The Bertz CT molecular complexity index is 1410. The van der Waals surface area contributed by atoms with E-state index in [1.54, 1.807) is 24.3 Å². The molecule has 1 heterocycles. The lowest BCUT2D eigenvalue weighted by molar-refractivity contribution is -0.122. The van der Waals surface area contributed by atoms with Crippen molar-refractivity contribution in [2.75, 3.05) is 0 Å². The van der Waals surface area contributed by atoms with Crippen LogP contribution in [-0.2, 0) is 24.3 Å². The van der Waals surface area contributed by atoms with E-state index in [1.807, 2.05) is 37.3 Å². The molecule has 0 spiro atoms. The van der Waals surface area contributed by atoms with E-state index in [0.717, 1.165) is 17.4 Å². The van der Waals surface area contributed by atoms with Crippen molar-refractivity contribution in [3.05, 3.63) is 117 Å². The molecule has 0 radical (unpaired) electrons. The number of benzene rings is 3. The molecule has 174 valence electrons. The van der Waals surface area contributed by atoms with Crippen molar-refractivity contribution in [3.63, 3.8) is 0 Å². The molecule has 34 heavy (non-hydrogen) atoms. The number of hydrogen-bond acceptors (Lipinski definition) is 3. The molecule has 1 aromatic heterocycles. The average Bonchev–Trinajstić information content (AvgIpc) is 2.85. The third-order valence-corrected chi connectivity index (χ3v) is 5.80. The van der Waals surface area contributed by atoms with Crippen LogP contribution in [0.1, 0.15) is 24.5 Å². The number of nitrogens with zero attached hydrogens (tertiary/aromatic N) is 2. The Balaban J connectivity index is 1.57. The fraction of sp³-hybridized carbons (Fsp3) is 0.222. The lowest BCUT2D eigenvalue weighted by Gasteiger charge is -2.17. The van der Waals surface area contributed by atoms with E-state index in [-0.39, 0.29) is 25.0 Å². The number of nitrogens with one attached hydrogen (secondary N) is 1. The monoisotopic (exact) mass is 459 g/mol. The summed E-state index contributed by atoms with van der Waals surface area (Å²) < 4.78 is 15.7. The summed E-state index contributed by atoms with van der Waals surface area (Å²) in [4.78, 5) is 39.1. The van der Waals surface area contributed by atoms with Crippen molar-refractivity contribution in [2.24, 2.45) is 0 Å². The number of para-hydroxylation sites is 1. The molecule has 0 saturated heterocycles. The van der Waals surface area contributed by atoms with Crippen LogP contribution in [0, 0.1) is 5.82 Å². The summed E-state index contributed by atoms with van der Waals surface area (Å²) in [6, 6.07) is 22.3. The maximum Gasteiger partial charge on any atom is 0.332 e. The molecular weight excluding hydrogens is 433 g/mol. The number of fused-ring (bicyclic) bond motifs is 1. The zero-order chi connectivity index (χ0) is 24.1. The first-order valence-electron chi connectivity index (χ1n) is 11.2. The van der Waals surface area contributed by atoms with Gasteiger partial charge in [0.15, 0.2) is 0 Å². The molecule has 0 bridgehead atoms. The number of aryl methyl sites for hydroxylation is 1. The van der Waals surface area contributed by atoms with Gasteiger partial charge in [-0.15, -0.1) is 0 Å². The molecule has 1 amide bonds. The number of aromatic nitrogens is 2. The molecule has 7 heteroatoms. The van der Waals surface area contributed by atoms with E-state index in [0.29, 0.717) is 16.5 Å². The third kappa shape index (κ3) is 5.31. The summed E-state index contributed by atoms with van der Waals surface area (Å²) in [5.74, 6) is -0.704. The van der Waals surface area contributed by atoms with Crippen molar-refractivity contribution in [3.8, 4) is 0 Å². The Labute approximate surface area is 196 Å². The highest BCUT2D eigenvalue weighted by atomic mass is 19.1. The number of carbonyl (C=O) groups excluding carboxylic acids is 1. The quantitative estimate of drug-likeness (QED) is 0.438. The molecule has 0 aliphatic heterocycles. The van der Waals surface area contributed by atoms with Gasteiger partial charge < -0.3 is 5.32 Å². The van der Waals surface area contributed by atoms with Crippen LogP contribution in [0.5, 0.6) is 0 Å². The largest absolute Gasteiger partial charge is 0.352 e. The van der Waals surface area contributed by atoms with Crippen LogP contribution in [-0.4, -0.2) is 21.1 Å². The average molecular weight is 460 g/mol. The van der Waals surface area contributed by atoms with Gasteiger partial charge in [-0.05, 0) is 55.2 Å². The number of halogens is 1. The fourth-order valence-corrected chi connectivity index (χ4v) is 4.00. The SMILES string of the molecule is CC(CCc1ccccc1)NC(=O)Cn1c(=O)n(Cc2ccc(F)cc2)c(=O)c2ccccc21. The van der Waals surface area contributed by atoms with Gasteiger partial charge in [-0.1, -0.05) is 54.6 Å². The maximum absolute atomic E-state index is 13.3. The van der Waals surface area contributed by atoms with Gasteiger partial charge in [-0.25, -0.2) is 9.18 Å². The Morgan fingerprint density at radius 2 is 1.56 bits per heavy atom. The molecule has 1 N–H and O–H groups in total. The Morgan fingerprint density at radius 1 is 0.882 bits per heavy atom. The van der Waals surface area contributed by atoms with Crippen molar-refractivity contribution in [2.45, 2.75) is 38.9 Å². The Hall–Kier alpha value is -4.00. The summed E-state index contributed by atoms with van der Waals surface area (Å²) in [6.07, 6.45) is 1.59. The van der Waals surface area contributed by atoms with Gasteiger partial charge in [0.2, 0.25) is 5.91 Å². The molecule has 0 saturated carbocycles. The smallest absolute Gasteiger partial charge is 0.332 e. The summed E-state index contributed by atoms with van der Waals surface area (Å²) in [6.45, 7) is 1.70. The van der Waals surface area contributed by atoms with Crippen molar-refractivity contribution in [1.82, 2.24) is 14.5 Å². The molecule has 0 aliphatic carbocycles. The third-order valence-electron chi connectivity index (χ3n) is 5.80. The summed E-state index contributed by atoms with van der Waals surface area (Å²) in [5.41, 5.74) is 1.18. The van der Waals surface area contributed by atoms with Gasteiger partial charge >= 0.3 is 5.69 Å². The van der Waals surface area contributed by atoms with Gasteiger partial charge in [-0.3, -0.25) is 18.7 Å². The summed E-state index contributed by atoms with van der Waals surface area (Å²) in [7, 11) is 0. The predicted molar refractivity (Wildman–Crippen MR) is 130 cm³/mol. The Kier molecular flexibility index (Phi) is 7.01. The van der Waals surface area contributed by atoms with Crippen LogP contribution in [0.2, 0.25) is 0 Å². The van der Waals surface area contributed by atoms with E-state index in [1.165, 1.54) is 34.4 Å². The number of rotatable bonds is 8. The van der Waals surface area contributed by atoms with Crippen molar-refractivity contribution >= 4 is 16.8 Å². The van der Waals surface area contributed by atoms with Crippen LogP contribution in [0.15, 0.2) is 88.5 Å². The molecule has 4 aromatic rings. The zero-order valence-corrected chi connectivity index (χ0v) is 18.9. The first kappa shape index (κ1) is 23.2. The van der Waals surface area contributed by atoms with Crippen LogP contribution in [0.4, 0.5) is 4.39 Å². The second-order valence-corrected chi connectivity index (χ2v) is 8.40. The predicted octanol–water partition coefficient (Wildman–Crippen LogP) is 3.49. The van der Waals surface area contributed by atoms with Gasteiger partial charge in [0, 0.05) is 6.04 Å². The topological polar surface area (TPSA) is 73.1 Å². The molecule has 0 fully saturated rings. The lowest BCUT2D eigenvalue weighted by Crippen LogP contribution is -2.44. The normalized spacial score (nSPS) is 11.9. The molecule has 3 aromatic carbocycles. The Morgan fingerprint density at radius 3 is 2.29 bits per heavy atom. The molecule has 1 unspecified atom stereocenters. The van der Waals surface area contributed by atoms with Gasteiger partial charge in [0.1, 0.15) is 12.4 Å². The van der Waals surface area contributed by atoms with Crippen molar-refractivity contribution in [1.29, 1.82) is 0 Å². The fourth-order valence-electron chi connectivity index (χ4n) is 4.00. The molecule has 1 atom stereocenters. The van der Waals surface area contributed by atoms with Gasteiger partial charge in [-0.2, -0.15) is 0 Å². The van der Waals surface area contributed by atoms with Crippen LogP contribution in [0.3, 0.4) is 0 Å². The number of hydrogen-bond donors (Lipinski definition) is 1. The lowest BCUT2D eigenvalue weighted by atomic mass is 10.1.